The zero-order chi connectivity index (χ0) is 11.3. The summed E-state index contributed by atoms with van der Waals surface area (Å²) in [4.78, 5) is 11.5. The lowest BCUT2D eigenvalue weighted by molar-refractivity contribution is 0.0958. The molecule has 0 aliphatic rings. The molecule has 0 radical (unpaired) electrons. The fourth-order valence-corrected chi connectivity index (χ4v) is 1.29. The molecule has 0 spiro atoms. The van der Waals surface area contributed by atoms with E-state index in [-0.39, 0.29) is 5.91 Å². The molecule has 1 amide bonds. The highest BCUT2D eigenvalue weighted by Crippen LogP contribution is 2.14. The SMILES string of the molecule is C=CCNC(=O)c1ccc(C(C)C)cc1. The quantitative estimate of drug-likeness (QED) is 0.749. The van der Waals surface area contributed by atoms with Gasteiger partial charge in [-0.25, -0.2) is 0 Å². The van der Waals surface area contributed by atoms with Crippen molar-refractivity contribution in [3.63, 3.8) is 0 Å². The number of hydrogen-bond acceptors (Lipinski definition) is 1. The molecule has 1 N–H and O–H groups in total. The smallest absolute Gasteiger partial charge is 0.251 e. The average molecular weight is 203 g/mol. The highest BCUT2D eigenvalue weighted by atomic mass is 16.1. The molecule has 0 aliphatic carbocycles. The van der Waals surface area contributed by atoms with Gasteiger partial charge in [0.05, 0.1) is 0 Å². The van der Waals surface area contributed by atoms with E-state index in [1.165, 1.54) is 5.56 Å². The molecule has 0 aliphatic heterocycles. The molecule has 0 atom stereocenters. The van der Waals surface area contributed by atoms with Crippen LogP contribution in [0.2, 0.25) is 0 Å². The van der Waals surface area contributed by atoms with Crippen molar-refractivity contribution < 1.29 is 4.79 Å². The van der Waals surface area contributed by atoms with Gasteiger partial charge >= 0.3 is 0 Å². The minimum atomic E-state index is -0.0507. The molecule has 1 aromatic carbocycles. The van der Waals surface area contributed by atoms with Gasteiger partial charge in [0.25, 0.3) is 5.91 Å². The van der Waals surface area contributed by atoms with Crippen molar-refractivity contribution >= 4 is 5.91 Å². The highest BCUT2D eigenvalue weighted by molar-refractivity contribution is 5.94. The number of nitrogens with one attached hydrogen (secondary N) is 1. The minimum Gasteiger partial charge on any atom is -0.349 e. The predicted octanol–water partition coefficient (Wildman–Crippen LogP) is 2.73. The molecule has 2 heteroatoms. The molecule has 0 unspecified atom stereocenters. The van der Waals surface area contributed by atoms with Gasteiger partial charge in [0.2, 0.25) is 0 Å². The van der Waals surface area contributed by atoms with Crippen molar-refractivity contribution in [3.05, 3.63) is 48.0 Å². The van der Waals surface area contributed by atoms with Gasteiger partial charge in [-0.1, -0.05) is 32.1 Å². The van der Waals surface area contributed by atoms with E-state index < -0.39 is 0 Å². The minimum absolute atomic E-state index is 0.0507. The number of carbonyl (C=O) groups is 1. The number of benzene rings is 1. The third-order valence-corrected chi connectivity index (χ3v) is 2.25. The fourth-order valence-electron chi connectivity index (χ4n) is 1.29. The maximum Gasteiger partial charge on any atom is 0.251 e. The zero-order valence-corrected chi connectivity index (χ0v) is 9.29. The van der Waals surface area contributed by atoms with Gasteiger partial charge in [-0.15, -0.1) is 6.58 Å². The summed E-state index contributed by atoms with van der Waals surface area (Å²) in [5.41, 5.74) is 1.94. The van der Waals surface area contributed by atoms with Crippen molar-refractivity contribution in [1.29, 1.82) is 0 Å². The first-order chi connectivity index (χ1) is 7.15. The first-order valence-corrected chi connectivity index (χ1v) is 5.14. The van der Waals surface area contributed by atoms with Gasteiger partial charge in [-0.3, -0.25) is 4.79 Å². The van der Waals surface area contributed by atoms with E-state index in [2.05, 4.69) is 25.7 Å². The molecular formula is C13H17NO. The van der Waals surface area contributed by atoms with Crippen molar-refractivity contribution in [1.82, 2.24) is 5.32 Å². The molecule has 80 valence electrons. The maximum atomic E-state index is 11.5. The molecular weight excluding hydrogens is 186 g/mol. The molecule has 0 fully saturated rings. The van der Waals surface area contributed by atoms with Crippen molar-refractivity contribution in [3.8, 4) is 0 Å². The largest absolute Gasteiger partial charge is 0.349 e. The number of carbonyl (C=O) groups excluding carboxylic acids is 1. The summed E-state index contributed by atoms with van der Waals surface area (Å²) in [6.07, 6.45) is 1.67. The van der Waals surface area contributed by atoms with Gasteiger partial charge in [-0.2, -0.15) is 0 Å². The molecule has 1 rings (SSSR count). The summed E-state index contributed by atoms with van der Waals surface area (Å²) >= 11 is 0. The lowest BCUT2D eigenvalue weighted by atomic mass is 10.0. The van der Waals surface area contributed by atoms with Crippen LogP contribution in [0.25, 0.3) is 0 Å². The van der Waals surface area contributed by atoms with Crippen molar-refractivity contribution in [2.45, 2.75) is 19.8 Å². The van der Waals surface area contributed by atoms with E-state index in [4.69, 9.17) is 0 Å². The Morgan fingerprint density at radius 2 is 2.00 bits per heavy atom. The Morgan fingerprint density at radius 1 is 1.40 bits per heavy atom. The van der Waals surface area contributed by atoms with E-state index in [1.807, 2.05) is 24.3 Å². The normalized spacial score (nSPS) is 10.1. The summed E-state index contributed by atoms with van der Waals surface area (Å²) in [7, 11) is 0. The number of amides is 1. The van der Waals surface area contributed by atoms with Crippen LogP contribution < -0.4 is 5.32 Å². The van der Waals surface area contributed by atoms with Gasteiger partial charge in [0.1, 0.15) is 0 Å². The zero-order valence-electron chi connectivity index (χ0n) is 9.29. The lowest BCUT2D eigenvalue weighted by Gasteiger charge is -2.06. The maximum absolute atomic E-state index is 11.5. The van der Waals surface area contributed by atoms with E-state index in [1.54, 1.807) is 6.08 Å². The third kappa shape index (κ3) is 3.24. The summed E-state index contributed by atoms with van der Waals surface area (Å²) < 4.78 is 0. The second kappa shape index (κ2) is 5.35. The molecule has 0 saturated carbocycles. The van der Waals surface area contributed by atoms with E-state index in [0.29, 0.717) is 18.0 Å². The van der Waals surface area contributed by atoms with Gasteiger partial charge in [-0.05, 0) is 23.6 Å². The van der Waals surface area contributed by atoms with E-state index >= 15 is 0 Å². The third-order valence-electron chi connectivity index (χ3n) is 2.25. The van der Waals surface area contributed by atoms with Gasteiger partial charge < -0.3 is 5.32 Å². The van der Waals surface area contributed by atoms with Crippen LogP contribution in [0.15, 0.2) is 36.9 Å². The van der Waals surface area contributed by atoms with Gasteiger partial charge in [0, 0.05) is 12.1 Å². The Balaban J connectivity index is 2.71. The monoisotopic (exact) mass is 203 g/mol. The van der Waals surface area contributed by atoms with E-state index in [0.717, 1.165) is 0 Å². The molecule has 0 bridgehead atoms. The first-order valence-electron chi connectivity index (χ1n) is 5.14. The number of hydrogen-bond donors (Lipinski definition) is 1. The molecule has 0 heterocycles. The standard InChI is InChI=1S/C13H17NO/c1-4-9-14-13(15)12-7-5-11(6-8-12)10(2)3/h4-8,10H,1,9H2,2-3H3,(H,14,15). The second-order valence-electron chi connectivity index (χ2n) is 3.78. The van der Waals surface area contributed by atoms with Crippen molar-refractivity contribution in [2.24, 2.45) is 0 Å². The molecule has 0 aromatic heterocycles. The van der Waals surface area contributed by atoms with Crippen LogP contribution in [0, 0.1) is 0 Å². The summed E-state index contributed by atoms with van der Waals surface area (Å²) in [6.45, 7) is 8.32. The fraction of sp³-hybridized carbons (Fsp3) is 0.308. The van der Waals surface area contributed by atoms with Crippen LogP contribution in [0.5, 0.6) is 0 Å². The second-order valence-corrected chi connectivity index (χ2v) is 3.78. The lowest BCUT2D eigenvalue weighted by Crippen LogP contribution is -2.23. The van der Waals surface area contributed by atoms with Gasteiger partial charge in [0.15, 0.2) is 0 Å². The Kier molecular flexibility index (Phi) is 4.10. The van der Waals surface area contributed by atoms with Crippen LogP contribution in [-0.4, -0.2) is 12.5 Å². The Hall–Kier alpha value is -1.57. The van der Waals surface area contributed by atoms with Crippen LogP contribution in [0.1, 0.15) is 35.7 Å². The Morgan fingerprint density at radius 3 is 2.47 bits per heavy atom. The Labute approximate surface area is 91.0 Å². The van der Waals surface area contributed by atoms with E-state index in [9.17, 15) is 4.79 Å². The molecule has 0 saturated heterocycles. The number of rotatable bonds is 4. The summed E-state index contributed by atoms with van der Waals surface area (Å²) in [5, 5.41) is 2.74. The highest BCUT2D eigenvalue weighted by Gasteiger charge is 2.04. The van der Waals surface area contributed by atoms with Crippen LogP contribution in [-0.2, 0) is 0 Å². The first kappa shape index (κ1) is 11.5. The molecule has 1 aromatic rings. The molecule has 2 nitrogen and oxygen atoms in total. The molecule has 15 heavy (non-hydrogen) atoms. The average Bonchev–Trinajstić information content (AvgIpc) is 2.26. The van der Waals surface area contributed by atoms with Crippen molar-refractivity contribution in [2.75, 3.05) is 6.54 Å². The van der Waals surface area contributed by atoms with Crippen LogP contribution in [0.3, 0.4) is 0 Å². The summed E-state index contributed by atoms with van der Waals surface area (Å²) in [6, 6.07) is 7.70. The summed E-state index contributed by atoms with van der Waals surface area (Å²) in [5.74, 6) is 0.445. The van der Waals surface area contributed by atoms with Crippen LogP contribution in [0.4, 0.5) is 0 Å². The topological polar surface area (TPSA) is 29.1 Å². The Bertz CT molecular complexity index is 338. The van der Waals surface area contributed by atoms with Crippen LogP contribution >= 0.6 is 0 Å². The predicted molar refractivity (Wildman–Crippen MR) is 63.1 cm³/mol.